The summed E-state index contributed by atoms with van der Waals surface area (Å²) in [5, 5.41) is 2.86. The largest absolute Gasteiger partial charge is 0.591 e. The third-order valence-corrected chi connectivity index (χ3v) is 3.01. The minimum Gasteiger partial charge on any atom is -0.591 e. The van der Waals surface area contributed by atoms with Gasteiger partial charge in [0.25, 0.3) is 0 Å². The first kappa shape index (κ1) is 15.1. The van der Waals surface area contributed by atoms with Crippen molar-refractivity contribution in [3.8, 4) is 0 Å². The van der Waals surface area contributed by atoms with Crippen LogP contribution < -0.4 is 5.32 Å². The minimum atomic E-state index is -1.23. The van der Waals surface area contributed by atoms with Gasteiger partial charge in [0.1, 0.15) is 22.3 Å². The number of nitrogens with zero attached hydrogens (tertiary/aromatic N) is 2. The van der Waals surface area contributed by atoms with Gasteiger partial charge in [-0.1, -0.05) is 11.0 Å². The summed E-state index contributed by atoms with van der Waals surface area (Å²) in [5.41, 5.74) is 0.831. The van der Waals surface area contributed by atoms with Gasteiger partial charge in [-0.15, -0.1) is 0 Å². The van der Waals surface area contributed by atoms with Crippen molar-refractivity contribution in [1.82, 2.24) is 10.2 Å². The molecule has 0 spiro atoms. The van der Waals surface area contributed by atoms with Crippen LogP contribution in [0.1, 0.15) is 20.8 Å². The molecule has 5 heteroatoms. The number of hydrogen-bond donors (Lipinski definition) is 1. The molecule has 0 saturated heterocycles. The molecule has 0 aliphatic rings. The predicted octanol–water partition coefficient (Wildman–Crippen LogP) is 1.66. The van der Waals surface area contributed by atoms with Crippen molar-refractivity contribution in [3.05, 3.63) is 24.7 Å². The summed E-state index contributed by atoms with van der Waals surface area (Å²) in [6, 6.07) is 0. The van der Waals surface area contributed by atoms with Crippen LogP contribution in [0.15, 0.2) is 29.1 Å². The van der Waals surface area contributed by atoms with Gasteiger partial charge in [0.2, 0.25) is 0 Å². The van der Waals surface area contributed by atoms with Crippen LogP contribution >= 0.6 is 0 Å². The topological polar surface area (TPSA) is 50.7 Å². The van der Waals surface area contributed by atoms with E-state index in [1.54, 1.807) is 18.6 Å². The Morgan fingerprint density at radius 2 is 2.00 bits per heavy atom. The monoisotopic (exact) mass is 243 g/mol. The average Bonchev–Trinajstić information content (AvgIpc) is 2.15. The van der Waals surface area contributed by atoms with Crippen LogP contribution in [0, 0.1) is 0 Å². The van der Waals surface area contributed by atoms with Crippen molar-refractivity contribution < 1.29 is 4.55 Å². The summed E-state index contributed by atoms with van der Waals surface area (Å²) in [6.07, 6.45) is 4.91. The first-order chi connectivity index (χ1) is 7.29. The molecule has 0 fully saturated rings. The molecule has 0 rings (SSSR count). The van der Waals surface area contributed by atoms with E-state index >= 15 is 0 Å². The van der Waals surface area contributed by atoms with Gasteiger partial charge in [0, 0.05) is 20.3 Å². The maximum atomic E-state index is 11.7. The van der Waals surface area contributed by atoms with E-state index in [0.717, 1.165) is 5.70 Å². The van der Waals surface area contributed by atoms with Gasteiger partial charge in [-0.05, 0) is 27.0 Å². The van der Waals surface area contributed by atoms with E-state index in [9.17, 15) is 4.55 Å². The molecule has 0 aliphatic heterocycles. The highest BCUT2D eigenvalue weighted by atomic mass is 32.2. The molecule has 1 atom stereocenters. The first-order valence-corrected chi connectivity index (χ1v) is 6.10. The molecule has 0 saturated carbocycles. The van der Waals surface area contributed by atoms with Crippen LogP contribution in [0.25, 0.3) is 0 Å². The second-order valence-electron chi connectivity index (χ2n) is 4.43. The maximum Gasteiger partial charge on any atom is 0.144 e. The quantitative estimate of drug-likeness (QED) is 0.590. The highest BCUT2D eigenvalue weighted by Crippen LogP contribution is 2.16. The normalized spacial score (nSPS) is 15.0. The lowest BCUT2D eigenvalue weighted by Crippen LogP contribution is -2.26. The number of allylic oxidation sites excluding steroid dienone is 1. The Kier molecular flexibility index (Phi) is 6.21. The second kappa shape index (κ2) is 6.60. The van der Waals surface area contributed by atoms with Crippen LogP contribution in [0.4, 0.5) is 0 Å². The Bertz CT molecular complexity index is 279. The average molecular weight is 243 g/mol. The summed E-state index contributed by atoms with van der Waals surface area (Å²) in [6.45, 7) is 9.22. The summed E-state index contributed by atoms with van der Waals surface area (Å²) in [5.74, 6) is 0. The standard InChI is InChI=1S/C11H21N3OS/c1-7-12-8-10(14(5)6)9-13-16(15)11(2,3)4/h7-9,12H,1H2,2-6H3/b10-8-,13-9+/t16-/m1/s1. The van der Waals surface area contributed by atoms with Crippen molar-refractivity contribution >= 4 is 17.6 Å². The molecule has 0 radical (unpaired) electrons. The second-order valence-corrected chi connectivity index (χ2v) is 6.36. The van der Waals surface area contributed by atoms with Crippen LogP contribution in [-0.4, -0.2) is 34.5 Å². The Labute approximate surface area is 101 Å². The van der Waals surface area contributed by atoms with E-state index in [-0.39, 0.29) is 4.75 Å². The molecule has 0 unspecified atom stereocenters. The van der Waals surface area contributed by atoms with Crippen LogP contribution in [0.2, 0.25) is 0 Å². The molecule has 92 valence electrons. The van der Waals surface area contributed by atoms with Gasteiger partial charge in [-0.3, -0.25) is 0 Å². The smallest absolute Gasteiger partial charge is 0.144 e. The van der Waals surface area contributed by atoms with E-state index in [2.05, 4.69) is 16.3 Å². The third kappa shape index (κ3) is 5.82. The Balaban J connectivity index is 4.64. The molecule has 0 bridgehead atoms. The number of rotatable bonds is 5. The highest BCUT2D eigenvalue weighted by molar-refractivity contribution is 7.91. The van der Waals surface area contributed by atoms with E-state index in [4.69, 9.17) is 0 Å². The summed E-state index contributed by atoms with van der Waals surface area (Å²) < 4.78 is 15.4. The van der Waals surface area contributed by atoms with Crippen LogP contribution in [0.5, 0.6) is 0 Å². The minimum absolute atomic E-state index is 0.334. The van der Waals surface area contributed by atoms with Gasteiger partial charge >= 0.3 is 0 Å². The van der Waals surface area contributed by atoms with Crippen molar-refractivity contribution in [1.29, 1.82) is 0 Å². The zero-order valence-corrected chi connectivity index (χ0v) is 11.5. The van der Waals surface area contributed by atoms with E-state index in [1.165, 1.54) is 0 Å². The third-order valence-electron chi connectivity index (χ3n) is 1.67. The van der Waals surface area contributed by atoms with Crippen molar-refractivity contribution in [2.45, 2.75) is 25.5 Å². The number of hydrogen-bond acceptors (Lipinski definition) is 4. The fourth-order valence-corrected chi connectivity index (χ4v) is 1.21. The van der Waals surface area contributed by atoms with Gasteiger partial charge in [0.15, 0.2) is 0 Å². The zero-order valence-electron chi connectivity index (χ0n) is 10.7. The lowest BCUT2D eigenvalue weighted by molar-refractivity contribution is 0.537. The molecule has 0 amide bonds. The van der Waals surface area contributed by atoms with Crippen molar-refractivity contribution in [2.75, 3.05) is 14.1 Å². The lowest BCUT2D eigenvalue weighted by atomic mass is 10.3. The molecule has 1 N–H and O–H groups in total. The van der Waals surface area contributed by atoms with Gasteiger partial charge in [-0.2, -0.15) is 0 Å². The number of nitrogens with one attached hydrogen (secondary N) is 1. The molecule has 0 aromatic carbocycles. The van der Waals surface area contributed by atoms with Crippen LogP contribution in [0.3, 0.4) is 0 Å². The summed E-state index contributed by atoms with van der Waals surface area (Å²) in [4.78, 5) is 1.87. The van der Waals surface area contributed by atoms with E-state index < -0.39 is 11.4 Å². The SMILES string of the molecule is C=CN/C=C(/C=N/[S@+]([O-])C(C)(C)C)N(C)C. The Hall–Kier alpha value is -0.940. The fourth-order valence-electron chi connectivity index (χ4n) is 0.686. The van der Waals surface area contributed by atoms with Gasteiger partial charge in [0.05, 0.1) is 5.70 Å². The Morgan fingerprint density at radius 3 is 2.38 bits per heavy atom. The molecule has 0 aromatic rings. The molecular weight excluding hydrogens is 222 g/mol. The van der Waals surface area contributed by atoms with Crippen molar-refractivity contribution in [3.63, 3.8) is 0 Å². The van der Waals surface area contributed by atoms with Gasteiger partial charge in [-0.25, -0.2) is 0 Å². The Morgan fingerprint density at radius 1 is 1.44 bits per heavy atom. The maximum absolute atomic E-state index is 11.7. The summed E-state index contributed by atoms with van der Waals surface area (Å²) >= 11 is -1.23. The molecule has 0 heterocycles. The summed E-state index contributed by atoms with van der Waals surface area (Å²) in [7, 11) is 3.78. The fraction of sp³-hybridized carbons (Fsp3) is 0.545. The van der Waals surface area contributed by atoms with E-state index in [1.807, 2.05) is 39.8 Å². The predicted molar refractivity (Wildman–Crippen MR) is 71.5 cm³/mol. The highest BCUT2D eigenvalue weighted by Gasteiger charge is 2.25. The molecule has 0 aliphatic carbocycles. The first-order valence-electron chi connectivity index (χ1n) is 4.99. The zero-order chi connectivity index (χ0) is 12.8. The molecule has 16 heavy (non-hydrogen) atoms. The van der Waals surface area contributed by atoms with Crippen LogP contribution in [-0.2, 0) is 11.4 Å². The van der Waals surface area contributed by atoms with E-state index in [0.29, 0.717) is 0 Å². The molecule has 4 nitrogen and oxygen atoms in total. The van der Waals surface area contributed by atoms with Crippen molar-refractivity contribution in [2.24, 2.45) is 4.40 Å². The molecular formula is C11H21N3OS. The molecule has 0 aromatic heterocycles. The van der Waals surface area contributed by atoms with Gasteiger partial charge < -0.3 is 14.8 Å². The lowest BCUT2D eigenvalue weighted by Gasteiger charge is -2.19.